The standard InChI is InChI=1S/C12H18N2O3S/c1-12(2,8-11(13)15)14-9-4-6-10(7-5-9)18(3,16)17/h4-7,14H,8H2,1-3H3,(H2,13,15). The summed E-state index contributed by atoms with van der Waals surface area (Å²) in [5.74, 6) is -0.389. The van der Waals surface area contributed by atoms with E-state index < -0.39 is 15.4 Å². The summed E-state index contributed by atoms with van der Waals surface area (Å²) in [4.78, 5) is 11.2. The number of hydrogen-bond donors (Lipinski definition) is 2. The van der Waals surface area contributed by atoms with Crippen molar-refractivity contribution in [3.05, 3.63) is 24.3 Å². The quantitative estimate of drug-likeness (QED) is 0.840. The SMILES string of the molecule is CC(C)(CC(N)=O)Nc1ccc(S(C)(=O)=O)cc1. The smallest absolute Gasteiger partial charge is 0.219 e. The molecule has 0 bridgehead atoms. The molecular weight excluding hydrogens is 252 g/mol. The average Bonchev–Trinajstić information content (AvgIpc) is 2.13. The van der Waals surface area contributed by atoms with Crippen molar-refractivity contribution in [2.75, 3.05) is 11.6 Å². The van der Waals surface area contributed by atoms with Crippen molar-refractivity contribution in [3.8, 4) is 0 Å². The van der Waals surface area contributed by atoms with Crippen molar-refractivity contribution >= 4 is 21.4 Å². The number of benzene rings is 1. The van der Waals surface area contributed by atoms with Crippen molar-refractivity contribution in [3.63, 3.8) is 0 Å². The number of nitrogens with two attached hydrogens (primary N) is 1. The predicted molar refractivity (Wildman–Crippen MR) is 71.1 cm³/mol. The van der Waals surface area contributed by atoms with Crippen LogP contribution in [0.25, 0.3) is 0 Å². The molecule has 1 aromatic rings. The van der Waals surface area contributed by atoms with Gasteiger partial charge in [0.15, 0.2) is 9.84 Å². The van der Waals surface area contributed by atoms with Gasteiger partial charge in [-0.3, -0.25) is 4.79 Å². The second-order valence-electron chi connectivity index (χ2n) is 4.95. The van der Waals surface area contributed by atoms with E-state index in [1.54, 1.807) is 12.1 Å². The molecule has 100 valence electrons. The molecule has 0 aliphatic carbocycles. The molecule has 5 nitrogen and oxygen atoms in total. The van der Waals surface area contributed by atoms with Crippen LogP contribution in [0.2, 0.25) is 0 Å². The van der Waals surface area contributed by atoms with E-state index in [-0.39, 0.29) is 17.2 Å². The Bertz CT molecular complexity index is 533. The van der Waals surface area contributed by atoms with Crippen LogP contribution in [0, 0.1) is 0 Å². The molecule has 3 N–H and O–H groups in total. The largest absolute Gasteiger partial charge is 0.380 e. The van der Waals surface area contributed by atoms with Crippen LogP contribution in [0.15, 0.2) is 29.2 Å². The Balaban J connectivity index is 2.84. The van der Waals surface area contributed by atoms with Crippen LogP contribution in [0.1, 0.15) is 20.3 Å². The number of anilines is 1. The lowest BCUT2D eigenvalue weighted by molar-refractivity contribution is -0.118. The zero-order chi connectivity index (χ0) is 14.0. The minimum Gasteiger partial charge on any atom is -0.380 e. The summed E-state index contributed by atoms with van der Waals surface area (Å²) in [6.07, 6.45) is 1.35. The van der Waals surface area contributed by atoms with Gasteiger partial charge in [-0.25, -0.2) is 8.42 Å². The molecule has 0 atom stereocenters. The Kier molecular flexibility index (Phi) is 4.01. The third kappa shape index (κ3) is 4.37. The molecule has 0 saturated heterocycles. The maximum Gasteiger partial charge on any atom is 0.219 e. The molecule has 0 spiro atoms. The lowest BCUT2D eigenvalue weighted by atomic mass is 10.00. The van der Waals surface area contributed by atoms with E-state index in [9.17, 15) is 13.2 Å². The highest BCUT2D eigenvalue weighted by atomic mass is 32.2. The minimum atomic E-state index is -3.18. The van der Waals surface area contributed by atoms with Gasteiger partial charge >= 0.3 is 0 Å². The predicted octanol–water partition coefficient (Wildman–Crippen LogP) is 1.16. The van der Waals surface area contributed by atoms with Crippen LogP contribution in [0.4, 0.5) is 5.69 Å². The maximum atomic E-state index is 11.3. The first-order valence-corrected chi connectivity index (χ1v) is 7.36. The summed E-state index contributed by atoms with van der Waals surface area (Å²) in [5.41, 5.74) is 5.43. The molecule has 0 heterocycles. The van der Waals surface area contributed by atoms with E-state index in [4.69, 9.17) is 5.73 Å². The van der Waals surface area contributed by atoms with E-state index in [0.29, 0.717) is 0 Å². The molecule has 6 heteroatoms. The maximum absolute atomic E-state index is 11.3. The monoisotopic (exact) mass is 270 g/mol. The van der Waals surface area contributed by atoms with Crippen molar-refractivity contribution in [1.29, 1.82) is 0 Å². The van der Waals surface area contributed by atoms with E-state index in [1.807, 2.05) is 13.8 Å². The molecule has 1 rings (SSSR count). The molecule has 0 aromatic heterocycles. The zero-order valence-corrected chi connectivity index (χ0v) is 11.5. The van der Waals surface area contributed by atoms with E-state index >= 15 is 0 Å². The van der Waals surface area contributed by atoms with Crippen LogP contribution in [0.5, 0.6) is 0 Å². The lowest BCUT2D eigenvalue weighted by Crippen LogP contribution is -2.35. The zero-order valence-electron chi connectivity index (χ0n) is 10.7. The van der Waals surface area contributed by atoms with Crippen molar-refractivity contribution in [2.45, 2.75) is 30.7 Å². The number of carbonyl (C=O) groups excluding carboxylic acids is 1. The number of carbonyl (C=O) groups is 1. The third-order valence-corrected chi connectivity index (χ3v) is 3.51. The van der Waals surface area contributed by atoms with E-state index in [1.165, 1.54) is 12.1 Å². The van der Waals surface area contributed by atoms with Gasteiger partial charge in [0.25, 0.3) is 0 Å². The summed E-state index contributed by atoms with van der Waals surface area (Å²) < 4.78 is 22.6. The van der Waals surface area contributed by atoms with Gasteiger partial charge in [0.2, 0.25) is 5.91 Å². The molecule has 18 heavy (non-hydrogen) atoms. The van der Waals surface area contributed by atoms with Gasteiger partial charge < -0.3 is 11.1 Å². The molecule has 0 aliphatic rings. The molecular formula is C12H18N2O3S. The fraction of sp³-hybridized carbons (Fsp3) is 0.417. The van der Waals surface area contributed by atoms with Crippen LogP contribution in [-0.4, -0.2) is 26.1 Å². The summed E-state index contributed by atoms with van der Waals surface area (Å²) in [7, 11) is -3.18. The number of rotatable bonds is 5. The number of nitrogens with one attached hydrogen (secondary N) is 1. The highest BCUT2D eigenvalue weighted by molar-refractivity contribution is 7.90. The van der Waals surface area contributed by atoms with Gasteiger partial charge in [0.05, 0.1) is 4.90 Å². The van der Waals surface area contributed by atoms with Crippen LogP contribution in [-0.2, 0) is 14.6 Å². The molecule has 0 radical (unpaired) electrons. The Morgan fingerprint density at radius 3 is 2.17 bits per heavy atom. The molecule has 0 saturated carbocycles. The normalized spacial score (nSPS) is 12.2. The van der Waals surface area contributed by atoms with E-state index in [2.05, 4.69) is 5.32 Å². The van der Waals surface area contributed by atoms with Crippen LogP contribution >= 0.6 is 0 Å². The fourth-order valence-corrected chi connectivity index (χ4v) is 2.29. The lowest BCUT2D eigenvalue weighted by Gasteiger charge is -2.26. The first-order valence-electron chi connectivity index (χ1n) is 5.47. The summed E-state index contributed by atoms with van der Waals surface area (Å²) in [5, 5.41) is 3.13. The van der Waals surface area contributed by atoms with E-state index in [0.717, 1.165) is 11.9 Å². The summed E-state index contributed by atoms with van der Waals surface area (Å²) >= 11 is 0. The number of sulfone groups is 1. The molecule has 1 amide bonds. The Hall–Kier alpha value is -1.56. The number of hydrogen-bond acceptors (Lipinski definition) is 4. The second-order valence-corrected chi connectivity index (χ2v) is 6.96. The van der Waals surface area contributed by atoms with Crippen molar-refractivity contribution in [1.82, 2.24) is 0 Å². The third-order valence-electron chi connectivity index (χ3n) is 2.38. The summed E-state index contributed by atoms with van der Waals surface area (Å²) in [6.45, 7) is 3.70. The number of primary amides is 1. The highest BCUT2D eigenvalue weighted by Crippen LogP contribution is 2.19. The Morgan fingerprint density at radius 1 is 1.28 bits per heavy atom. The molecule has 1 aromatic carbocycles. The Labute approximate surface area is 107 Å². The minimum absolute atomic E-state index is 0.195. The van der Waals surface area contributed by atoms with Crippen LogP contribution in [0.3, 0.4) is 0 Å². The number of amides is 1. The van der Waals surface area contributed by atoms with Crippen LogP contribution < -0.4 is 11.1 Å². The molecule has 0 fully saturated rings. The highest BCUT2D eigenvalue weighted by Gasteiger charge is 2.20. The van der Waals surface area contributed by atoms with Gasteiger partial charge in [-0.1, -0.05) is 0 Å². The van der Waals surface area contributed by atoms with Gasteiger partial charge in [0.1, 0.15) is 0 Å². The fourth-order valence-electron chi connectivity index (χ4n) is 1.66. The molecule has 0 aliphatic heterocycles. The Morgan fingerprint density at radius 2 is 1.78 bits per heavy atom. The van der Waals surface area contributed by atoms with Gasteiger partial charge in [0, 0.05) is 23.9 Å². The van der Waals surface area contributed by atoms with Crippen molar-refractivity contribution in [2.24, 2.45) is 5.73 Å². The van der Waals surface area contributed by atoms with Gasteiger partial charge in [-0.05, 0) is 38.1 Å². The summed E-state index contributed by atoms with van der Waals surface area (Å²) in [6, 6.07) is 6.38. The molecule has 0 unspecified atom stereocenters. The first kappa shape index (κ1) is 14.5. The van der Waals surface area contributed by atoms with Gasteiger partial charge in [-0.15, -0.1) is 0 Å². The van der Waals surface area contributed by atoms with Crippen molar-refractivity contribution < 1.29 is 13.2 Å². The first-order chi connectivity index (χ1) is 8.10. The topological polar surface area (TPSA) is 89.3 Å². The average molecular weight is 270 g/mol. The van der Waals surface area contributed by atoms with Gasteiger partial charge in [-0.2, -0.15) is 0 Å². The second kappa shape index (κ2) is 4.97.